The fourth-order valence-corrected chi connectivity index (χ4v) is 4.36. The molecule has 1 amide bonds. The molecule has 1 unspecified atom stereocenters. The summed E-state index contributed by atoms with van der Waals surface area (Å²) < 4.78 is 5.05. The quantitative estimate of drug-likeness (QED) is 0.928. The fourth-order valence-electron chi connectivity index (χ4n) is 4.36. The summed E-state index contributed by atoms with van der Waals surface area (Å²) in [5.74, 6) is 1.03. The predicted molar refractivity (Wildman–Crippen MR) is 79.3 cm³/mol. The summed E-state index contributed by atoms with van der Waals surface area (Å²) in [7, 11) is 0. The van der Waals surface area contributed by atoms with Crippen LogP contribution in [0.25, 0.3) is 0 Å². The normalized spacial score (nSPS) is 35.9. The van der Waals surface area contributed by atoms with E-state index in [2.05, 4.69) is 6.07 Å². The Labute approximate surface area is 129 Å². The minimum atomic E-state index is -0.458. The zero-order valence-corrected chi connectivity index (χ0v) is 12.2. The van der Waals surface area contributed by atoms with Crippen molar-refractivity contribution in [3.8, 4) is 6.07 Å². The van der Waals surface area contributed by atoms with Gasteiger partial charge in [0.25, 0.3) is 0 Å². The number of nitriles is 1. The van der Waals surface area contributed by atoms with E-state index in [-0.39, 0.29) is 12.0 Å². The number of fused-ring (bicyclic) bond motifs is 1. The lowest BCUT2D eigenvalue weighted by atomic mass is 9.89. The van der Waals surface area contributed by atoms with Crippen molar-refractivity contribution >= 4 is 11.8 Å². The van der Waals surface area contributed by atoms with E-state index in [1.807, 2.05) is 24.3 Å². The van der Waals surface area contributed by atoms with E-state index in [1.54, 1.807) is 0 Å². The average Bonchev–Trinajstić information content (AvgIpc) is 2.89. The summed E-state index contributed by atoms with van der Waals surface area (Å²) in [6, 6.07) is 10.2. The topological polar surface area (TPSA) is 73.6 Å². The van der Waals surface area contributed by atoms with Gasteiger partial charge in [0.15, 0.2) is 0 Å². The van der Waals surface area contributed by atoms with Crippen molar-refractivity contribution in [3.05, 3.63) is 29.8 Å². The van der Waals surface area contributed by atoms with Crippen LogP contribution in [-0.4, -0.2) is 30.5 Å². The van der Waals surface area contributed by atoms with E-state index in [0.717, 1.165) is 24.1 Å². The van der Waals surface area contributed by atoms with Crippen molar-refractivity contribution in [2.75, 3.05) is 18.1 Å². The molecule has 1 saturated heterocycles. The van der Waals surface area contributed by atoms with Crippen LogP contribution in [0.15, 0.2) is 24.3 Å². The highest BCUT2D eigenvalue weighted by atomic mass is 16.6. The SMILES string of the molecule is N#CC1(c2ccc(N3C[C@H](CO)OC3=O)cc2)[C@@H]2CCC[C@@H]21. The highest BCUT2D eigenvalue weighted by Crippen LogP contribution is 2.67. The molecule has 1 heterocycles. The number of nitrogens with zero attached hydrogens (tertiary/aromatic N) is 2. The zero-order chi connectivity index (χ0) is 15.3. The number of anilines is 1. The van der Waals surface area contributed by atoms with Gasteiger partial charge < -0.3 is 9.84 Å². The highest BCUT2D eigenvalue weighted by molar-refractivity contribution is 5.89. The fraction of sp³-hybridized carbons (Fsp3) is 0.529. The first-order valence-corrected chi connectivity index (χ1v) is 7.81. The summed E-state index contributed by atoms with van der Waals surface area (Å²) in [5, 5.41) is 18.7. The van der Waals surface area contributed by atoms with E-state index in [9.17, 15) is 10.1 Å². The lowest BCUT2D eigenvalue weighted by Crippen LogP contribution is -2.25. The van der Waals surface area contributed by atoms with Gasteiger partial charge in [0.2, 0.25) is 0 Å². The largest absolute Gasteiger partial charge is 0.441 e. The van der Waals surface area contributed by atoms with Crippen molar-refractivity contribution in [2.45, 2.75) is 30.8 Å². The summed E-state index contributed by atoms with van der Waals surface area (Å²) in [5.41, 5.74) is 1.53. The van der Waals surface area contributed by atoms with Gasteiger partial charge in [-0.05, 0) is 42.4 Å². The number of amides is 1. The molecule has 0 radical (unpaired) electrons. The number of cyclic esters (lactones) is 1. The molecule has 0 bridgehead atoms. The Morgan fingerprint density at radius 1 is 1.32 bits per heavy atom. The van der Waals surface area contributed by atoms with Crippen molar-refractivity contribution in [1.29, 1.82) is 5.26 Å². The molecule has 3 fully saturated rings. The van der Waals surface area contributed by atoms with Crippen LogP contribution in [0, 0.1) is 23.2 Å². The number of aliphatic hydroxyl groups excluding tert-OH is 1. The monoisotopic (exact) mass is 298 g/mol. The molecule has 4 atom stereocenters. The highest BCUT2D eigenvalue weighted by Gasteiger charge is 2.67. The molecule has 1 aromatic carbocycles. The Morgan fingerprint density at radius 3 is 2.55 bits per heavy atom. The Bertz CT molecular complexity index is 639. The van der Waals surface area contributed by atoms with E-state index in [4.69, 9.17) is 9.84 Å². The first-order chi connectivity index (χ1) is 10.7. The summed E-state index contributed by atoms with van der Waals surface area (Å²) in [6.45, 7) is 0.199. The molecule has 4 rings (SSSR count). The zero-order valence-electron chi connectivity index (χ0n) is 12.2. The average molecular weight is 298 g/mol. The van der Waals surface area contributed by atoms with Gasteiger partial charge >= 0.3 is 6.09 Å². The first kappa shape index (κ1) is 13.6. The van der Waals surface area contributed by atoms with Gasteiger partial charge in [-0.3, -0.25) is 4.90 Å². The number of rotatable bonds is 3. The molecule has 0 aromatic heterocycles. The van der Waals surface area contributed by atoms with Crippen LogP contribution in [0.3, 0.4) is 0 Å². The molecular weight excluding hydrogens is 280 g/mol. The molecule has 3 aliphatic rings. The number of aliphatic hydroxyl groups is 1. The number of carbonyl (C=O) groups excluding carboxylic acids is 1. The maximum Gasteiger partial charge on any atom is 0.414 e. The van der Waals surface area contributed by atoms with Gasteiger partial charge in [-0.15, -0.1) is 0 Å². The lowest BCUT2D eigenvalue weighted by molar-refractivity contribution is 0.0963. The Kier molecular flexibility index (Phi) is 2.92. The van der Waals surface area contributed by atoms with Gasteiger partial charge in [-0.25, -0.2) is 4.79 Å². The van der Waals surface area contributed by atoms with Crippen LogP contribution >= 0.6 is 0 Å². The minimum absolute atomic E-state index is 0.165. The molecule has 1 aliphatic heterocycles. The van der Waals surface area contributed by atoms with Gasteiger partial charge in [0, 0.05) is 5.69 Å². The van der Waals surface area contributed by atoms with Gasteiger partial charge in [-0.1, -0.05) is 18.6 Å². The van der Waals surface area contributed by atoms with Crippen LogP contribution in [0.2, 0.25) is 0 Å². The molecule has 114 valence electrons. The molecule has 0 spiro atoms. The van der Waals surface area contributed by atoms with Crippen LogP contribution in [0.5, 0.6) is 0 Å². The van der Waals surface area contributed by atoms with Crippen molar-refractivity contribution in [3.63, 3.8) is 0 Å². The minimum Gasteiger partial charge on any atom is -0.441 e. The number of carbonyl (C=O) groups is 1. The smallest absolute Gasteiger partial charge is 0.414 e. The van der Waals surface area contributed by atoms with E-state index >= 15 is 0 Å². The molecule has 1 aromatic rings. The molecule has 1 N–H and O–H groups in total. The Hall–Kier alpha value is -2.06. The molecule has 22 heavy (non-hydrogen) atoms. The van der Waals surface area contributed by atoms with E-state index < -0.39 is 12.2 Å². The number of hydrogen-bond donors (Lipinski definition) is 1. The first-order valence-electron chi connectivity index (χ1n) is 7.81. The number of hydrogen-bond acceptors (Lipinski definition) is 4. The van der Waals surface area contributed by atoms with Crippen LogP contribution in [0.1, 0.15) is 24.8 Å². The number of ether oxygens (including phenoxy) is 1. The van der Waals surface area contributed by atoms with E-state index in [0.29, 0.717) is 18.4 Å². The second kappa shape index (κ2) is 4.72. The van der Waals surface area contributed by atoms with E-state index in [1.165, 1.54) is 11.3 Å². The second-order valence-electron chi connectivity index (χ2n) is 6.47. The summed E-state index contributed by atoms with van der Waals surface area (Å²) in [4.78, 5) is 13.3. The molecule has 5 nitrogen and oxygen atoms in total. The molecular formula is C17H18N2O3. The maximum atomic E-state index is 11.8. The predicted octanol–water partition coefficient (Wildman–Crippen LogP) is 2.20. The third-order valence-corrected chi connectivity index (χ3v) is 5.50. The van der Waals surface area contributed by atoms with Gasteiger partial charge in [0.1, 0.15) is 6.10 Å². The van der Waals surface area contributed by atoms with Crippen molar-refractivity contribution in [1.82, 2.24) is 0 Å². The van der Waals surface area contributed by atoms with Crippen LogP contribution < -0.4 is 4.90 Å². The Morgan fingerprint density at radius 2 is 2.00 bits per heavy atom. The summed E-state index contributed by atoms with van der Waals surface area (Å²) >= 11 is 0. The van der Waals surface area contributed by atoms with Crippen molar-refractivity contribution < 1.29 is 14.6 Å². The molecule has 5 heteroatoms. The van der Waals surface area contributed by atoms with Gasteiger partial charge in [0.05, 0.1) is 24.6 Å². The number of benzene rings is 1. The maximum absolute atomic E-state index is 11.8. The third kappa shape index (κ3) is 1.71. The van der Waals surface area contributed by atoms with Crippen LogP contribution in [0.4, 0.5) is 10.5 Å². The second-order valence-corrected chi connectivity index (χ2v) is 6.47. The molecule has 2 saturated carbocycles. The third-order valence-electron chi connectivity index (χ3n) is 5.50. The standard InChI is InChI=1S/C17H18N2O3/c18-10-17(14-2-1-3-15(14)17)11-4-6-12(7-5-11)19-8-13(9-20)22-16(19)21/h4-7,13-15,20H,1-3,8-9H2/t13-,14-,15+,17?/m1/s1. The lowest BCUT2D eigenvalue weighted by Gasteiger charge is -2.16. The Balaban J connectivity index is 1.57. The van der Waals surface area contributed by atoms with Crippen LogP contribution in [-0.2, 0) is 10.2 Å². The van der Waals surface area contributed by atoms with Crippen molar-refractivity contribution in [2.24, 2.45) is 11.8 Å². The summed E-state index contributed by atoms with van der Waals surface area (Å²) in [6.07, 6.45) is 2.65. The molecule has 2 aliphatic carbocycles. The van der Waals surface area contributed by atoms with Gasteiger partial charge in [-0.2, -0.15) is 5.26 Å².